The zero-order valence-electron chi connectivity index (χ0n) is 11.6. The van der Waals surface area contributed by atoms with Gasteiger partial charge in [-0.05, 0) is 12.1 Å². The molecule has 0 saturated heterocycles. The van der Waals surface area contributed by atoms with Gasteiger partial charge < -0.3 is 10.6 Å². The fourth-order valence-corrected chi connectivity index (χ4v) is 2.16. The van der Waals surface area contributed by atoms with Crippen molar-refractivity contribution in [2.24, 2.45) is 0 Å². The Morgan fingerprint density at radius 3 is 2.64 bits per heavy atom. The summed E-state index contributed by atoms with van der Waals surface area (Å²) in [5, 5.41) is 17.9. The zero-order chi connectivity index (χ0) is 15.5. The molecule has 0 atom stereocenters. The van der Waals surface area contributed by atoms with Gasteiger partial charge in [0.05, 0.1) is 16.1 Å². The lowest BCUT2D eigenvalue weighted by molar-refractivity contribution is -0.383. The highest BCUT2D eigenvalue weighted by Crippen LogP contribution is 2.32. The molecule has 2 aromatic heterocycles. The molecule has 8 nitrogen and oxygen atoms in total. The maximum atomic E-state index is 11.3. The highest BCUT2D eigenvalue weighted by molar-refractivity contribution is 5.92. The van der Waals surface area contributed by atoms with Crippen molar-refractivity contribution in [2.75, 3.05) is 17.7 Å². The Morgan fingerprint density at radius 2 is 1.86 bits per heavy atom. The number of benzene rings is 1. The van der Waals surface area contributed by atoms with Crippen molar-refractivity contribution in [1.29, 1.82) is 0 Å². The summed E-state index contributed by atoms with van der Waals surface area (Å²) in [6.45, 7) is 0. The van der Waals surface area contributed by atoms with Crippen LogP contribution in [0.25, 0.3) is 10.9 Å². The van der Waals surface area contributed by atoms with Gasteiger partial charge in [-0.2, -0.15) is 0 Å². The van der Waals surface area contributed by atoms with E-state index in [9.17, 15) is 10.1 Å². The average Bonchev–Trinajstić information content (AvgIpc) is 2.54. The third-order valence-electron chi connectivity index (χ3n) is 3.13. The van der Waals surface area contributed by atoms with E-state index in [-0.39, 0.29) is 17.3 Å². The van der Waals surface area contributed by atoms with E-state index < -0.39 is 4.92 Å². The molecular weight excluding hydrogens is 284 g/mol. The summed E-state index contributed by atoms with van der Waals surface area (Å²) in [5.41, 5.74) is 1.14. The Balaban J connectivity index is 2.11. The van der Waals surface area contributed by atoms with Gasteiger partial charge in [-0.3, -0.25) is 15.1 Å². The number of para-hydroxylation sites is 1. The first-order chi connectivity index (χ1) is 10.7. The number of pyridine rings is 1. The Labute approximate surface area is 125 Å². The fraction of sp³-hybridized carbons (Fsp3) is 0.0714. The van der Waals surface area contributed by atoms with E-state index in [1.165, 1.54) is 6.33 Å². The molecular formula is C14H12N6O2. The number of rotatable bonds is 4. The predicted molar refractivity (Wildman–Crippen MR) is 83.3 cm³/mol. The molecule has 22 heavy (non-hydrogen) atoms. The number of anilines is 3. The second kappa shape index (κ2) is 5.60. The summed E-state index contributed by atoms with van der Waals surface area (Å²) in [6.07, 6.45) is 2.93. The highest BCUT2D eigenvalue weighted by atomic mass is 16.6. The normalized spacial score (nSPS) is 10.4. The number of aromatic nitrogens is 3. The van der Waals surface area contributed by atoms with E-state index in [1.54, 1.807) is 19.3 Å². The van der Waals surface area contributed by atoms with Gasteiger partial charge in [0.25, 0.3) is 0 Å². The quantitative estimate of drug-likeness (QED) is 0.563. The second-order valence-corrected chi connectivity index (χ2v) is 4.43. The SMILES string of the molecule is CNc1ncnc(Nc2cccc3cccnc23)c1[N+](=O)[O-]. The van der Waals surface area contributed by atoms with Gasteiger partial charge in [-0.1, -0.05) is 18.2 Å². The van der Waals surface area contributed by atoms with Crippen molar-refractivity contribution in [3.05, 3.63) is 53.0 Å². The Hall–Kier alpha value is -3.29. The molecule has 110 valence electrons. The first-order valence-electron chi connectivity index (χ1n) is 6.48. The largest absolute Gasteiger partial charge is 0.367 e. The van der Waals surface area contributed by atoms with Crippen LogP contribution in [0.4, 0.5) is 23.0 Å². The van der Waals surface area contributed by atoms with E-state index in [4.69, 9.17) is 0 Å². The Morgan fingerprint density at radius 1 is 1.09 bits per heavy atom. The molecule has 2 N–H and O–H groups in total. The molecule has 0 bridgehead atoms. The van der Waals surface area contributed by atoms with Gasteiger partial charge in [-0.15, -0.1) is 0 Å². The van der Waals surface area contributed by atoms with E-state index in [2.05, 4.69) is 25.6 Å². The lowest BCUT2D eigenvalue weighted by Gasteiger charge is -2.09. The van der Waals surface area contributed by atoms with E-state index in [0.717, 1.165) is 5.39 Å². The maximum Gasteiger partial charge on any atom is 0.353 e. The maximum absolute atomic E-state index is 11.3. The van der Waals surface area contributed by atoms with Crippen LogP contribution in [0, 0.1) is 10.1 Å². The Kier molecular flexibility index (Phi) is 3.48. The van der Waals surface area contributed by atoms with Crippen LogP contribution >= 0.6 is 0 Å². The summed E-state index contributed by atoms with van der Waals surface area (Å²) in [7, 11) is 1.57. The molecule has 0 radical (unpaired) electrons. The van der Waals surface area contributed by atoms with Gasteiger partial charge in [0.15, 0.2) is 0 Å². The smallest absolute Gasteiger partial charge is 0.353 e. The lowest BCUT2D eigenvalue weighted by Crippen LogP contribution is -2.05. The number of nitrogens with one attached hydrogen (secondary N) is 2. The number of nitro groups is 1. The molecule has 0 aliphatic carbocycles. The van der Waals surface area contributed by atoms with Crippen molar-refractivity contribution in [3.8, 4) is 0 Å². The molecule has 0 saturated carbocycles. The van der Waals surface area contributed by atoms with Crippen LogP contribution in [-0.4, -0.2) is 26.9 Å². The van der Waals surface area contributed by atoms with Gasteiger partial charge in [0, 0.05) is 18.6 Å². The van der Waals surface area contributed by atoms with Crippen molar-refractivity contribution in [2.45, 2.75) is 0 Å². The van der Waals surface area contributed by atoms with Crippen LogP contribution in [0.3, 0.4) is 0 Å². The molecule has 0 aliphatic heterocycles. The van der Waals surface area contributed by atoms with Gasteiger partial charge in [-0.25, -0.2) is 9.97 Å². The van der Waals surface area contributed by atoms with Crippen LogP contribution in [-0.2, 0) is 0 Å². The first kappa shape index (κ1) is 13.7. The monoisotopic (exact) mass is 296 g/mol. The molecule has 8 heteroatoms. The highest BCUT2D eigenvalue weighted by Gasteiger charge is 2.22. The predicted octanol–water partition coefficient (Wildman–Crippen LogP) is 2.72. The molecule has 0 aliphatic rings. The molecule has 0 fully saturated rings. The summed E-state index contributed by atoms with van der Waals surface area (Å²) >= 11 is 0. The standard InChI is InChI=1S/C14H12N6O2/c1-15-13-12(20(21)22)14(18-8-17-13)19-10-6-2-4-9-5-3-7-16-11(9)10/h2-8H,1H3,(H2,15,17,18,19). The Bertz CT molecular complexity index is 846. The van der Waals surface area contributed by atoms with Crippen LogP contribution in [0.1, 0.15) is 0 Å². The van der Waals surface area contributed by atoms with Gasteiger partial charge in [0.1, 0.15) is 6.33 Å². The van der Waals surface area contributed by atoms with Crippen molar-refractivity contribution >= 4 is 33.9 Å². The van der Waals surface area contributed by atoms with E-state index >= 15 is 0 Å². The molecule has 3 rings (SSSR count). The number of hydrogen-bond donors (Lipinski definition) is 2. The van der Waals surface area contributed by atoms with E-state index in [1.807, 2.05) is 24.3 Å². The van der Waals surface area contributed by atoms with Crippen molar-refractivity contribution in [3.63, 3.8) is 0 Å². The minimum absolute atomic E-state index is 0.113. The third-order valence-corrected chi connectivity index (χ3v) is 3.13. The minimum Gasteiger partial charge on any atom is -0.367 e. The first-order valence-corrected chi connectivity index (χ1v) is 6.48. The van der Waals surface area contributed by atoms with Crippen LogP contribution < -0.4 is 10.6 Å². The molecule has 0 spiro atoms. The fourth-order valence-electron chi connectivity index (χ4n) is 2.16. The molecule has 3 aromatic rings. The molecule has 0 unspecified atom stereocenters. The number of fused-ring (bicyclic) bond motifs is 1. The summed E-state index contributed by atoms with van der Waals surface area (Å²) in [6, 6.07) is 9.30. The molecule has 2 heterocycles. The van der Waals surface area contributed by atoms with Crippen molar-refractivity contribution in [1.82, 2.24) is 15.0 Å². The lowest BCUT2D eigenvalue weighted by atomic mass is 10.2. The van der Waals surface area contributed by atoms with Crippen LogP contribution in [0.2, 0.25) is 0 Å². The van der Waals surface area contributed by atoms with Gasteiger partial charge >= 0.3 is 5.69 Å². The third kappa shape index (κ3) is 2.37. The zero-order valence-corrected chi connectivity index (χ0v) is 11.6. The second-order valence-electron chi connectivity index (χ2n) is 4.43. The molecule has 1 aromatic carbocycles. The summed E-state index contributed by atoms with van der Waals surface area (Å²) < 4.78 is 0. The topological polar surface area (TPSA) is 106 Å². The van der Waals surface area contributed by atoms with Crippen LogP contribution in [0.5, 0.6) is 0 Å². The molecule has 0 amide bonds. The van der Waals surface area contributed by atoms with Gasteiger partial charge in [0.2, 0.25) is 11.6 Å². The summed E-state index contributed by atoms with van der Waals surface area (Å²) in [4.78, 5) is 22.9. The van der Waals surface area contributed by atoms with E-state index in [0.29, 0.717) is 11.2 Å². The average molecular weight is 296 g/mol. The van der Waals surface area contributed by atoms with Crippen LogP contribution in [0.15, 0.2) is 42.9 Å². The summed E-state index contributed by atoms with van der Waals surface area (Å²) in [5.74, 6) is 0.262. The number of hydrogen-bond acceptors (Lipinski definition) is 7. The van der Waals surface area contributed by atoms with Crippen molar-refractivity contribution < 1.29 is 4.92 Å². The number of nitrogens with zero attached hydrogens (tertiary/aromatic N) is 4. The minimum atomic E-state index is -0.521.